The summed E-state index contributed by atoms with van der Waals surface area (Å²) in [5.74, 6) is -5.13. The second kappa shape index (κ2) is 36.9. The molecule has 550 valence electrons. The molecule has 20 nitrogen and oxygen atoms in total. The fourth-order valence-electron chi connectivity index (χ4n) is 11.8. The predicted molar refractivity (Wildman–Crippen MR) is 391 cm³/mol. The van der Waals surface area contributed by atoms with Crippen LogP contribution in [-0.2, 0) is 27.5 Å². The van der Waals surface area contributed by atoms with Crippen molar-refractivity contribution in [2.75, 3.05) is 62.7 Å². The lowest BCUT2D eigenvalue weighted by Gasteiger charge is -2.33. The maximum absolute atomic E-state index is 15.7. The van der Waals surface area contributed by atoms with E-state index in [2.05, 4.69) is 31.9 Å². The number of anilines is 2. The van der Waals surface area contributed by atoms with E-state index in [-0.39, 0.29) is 87.9 Å². The SMILES string of the molecule is Br.Cc1cc(C[N+]2=C[N+](CCCCO)(c3ccc(F)cc3F)N(c3nc(-c4ccc(C#N)cc4)cs3)C2)cc(C)c1OC(=O)CNC(C)C.Cc1cc(C[N+]2=C[N+](CCCCO)(c3ccc(F)cc3F)N(c3nc(-c4ccc(C#N)cc4)cs3)C2)cc(C)c1OC(=O)CNC(C)C.O=C(O)C(F)(F)F. The Bertz CT molecular complexity index is 4170. The van der Waals surface area contributed by atoms with Crippen molar-refractivity contribution in [2.45, 2.75) is 112 Å². The minimum atomic E-state index is -5.08. The summed E-state index contributed by atoms with van der Waals surface area (Å²) in [7, 11) is 0. The Hall–Kier alpha value is -9.34. The Morgan fingerprint density at radius 1 is 0.587 bits per heavy atom. The Morgan fingerprint density at radius 3 is 1.23 bits per heavy atom. The second-order valence-electron chi connectivity index (χ2n) is 25.3. The third-order valence-electron chi connectivity index (χ3n) is 16.5. The maximum atomic E-state index is 15.7. The first-order chi connectivity index (χ1) is 49.0. The Labute approximate surface area is 616 Å². The number of ether oxygens (including phenoxy) is 2. The van der Waals surface area contributed by atoms with Gasteiger partial charge in [-0.25, -0.2) is 32.3 Å². The van der Waals surface area contributed by atoms with E-state index in [1.165, 1.54) is 46.9 Å². The summed E-state index contributed by atoms with van der Waals surface area (Å²) < 4.78 is 107. The molecule has 30 heteroatoms. The largest absolute Gasteiger partial charge is 0.490 e. The first-order valence-electron chi connectivity index (χ1n) is 32.9. The van der Waals surface area contributed by atoms with Crippen molar-refractivity contribution >= 4 is 91.9 Å². The minimum absolute atomic E-state index is 0. The molecule has 0 aliphatic carbocycles. The number of alkyl halides is 3. The van der Waals surface area contributed by atoms with Gasteiger partial charge in [-0.05, 0) is 123 Å². The average Bonchev–Trinajstić information content (AvgIpc) is 1.58. The molecule has 6 aromatic carbocycles. The van der Waals surface area contributed by atoms with Gasteiger partial charge in [-0.2, -0.15) is 32.8 Å². The van der Waals surface area contributed by atoms with Crippen molar-refractivity contribution in [1.82, 2.24) is 29.8 Å². The number of thiazole rings is 2. The third kappa shape index (κ3) is 21.0. The second-order valence-corrected chi connectivity index (χ2v) is 27.0. The molecule has 0 saturated carbocycles. The number of esters is 2. The number of nitrogens with zero attached hydrogens (tertiary/aromatic N) is 10. The van der Waals surface area contributed by atoms with Crippen LogP contribution in [0.5, 0.6) is 11.5 Å². The van der Waals surface area contributed by atoms with Gasteiger partial charge in [0.2, 0.25) is 21.6 Å². The molecule has 0 amide bonds. The van der Waals surface area contributed by atoms with Crippen molar-refractivity contribution in [3.05, 3.63) is 188 Å². The number of aliphatic hydroxyl groups is 2. The molecular formula is C74H82BrF7N12O8S2+4. The van der Waals surface area contributed by atoms with Gasteiger partial charge in [0, 0.05) is 95.4 Å². The lowest BCUT2D eigenvalue weighted by atomic mass is 10.1. The number of rotatable bonds is 26. The van der Waals surface area contributed by atoms with Crippen LogP contribution in [0.25, 0.3) is 22.5 Å². The van der Waals surface area contributed by atoms with E-state index >= 15 is 8.78 Å². The molecule has 0 radical (unpaired) electrons. The van der Waals surface area contributed by atoms with Crippen molar-refractivity contribution in [3.63, 3.8) is 0 Å². The summed E-state index contributed by atoms with van der Waals surface area (Å²) in [5.41, 5.74) is 9.93. The molecule has 2 atom stereocenters. The molecule has 10 rings (SSSR count). The van der Waals surface area contributed by atoms with Crippen molar-refractivity contribution < 1.29 is 79.1 Å². The summed E-state index contributed by atoms with van der Waals surface area (Å²) in [6, 6.07) is 34.0. The van der Waals surface area contributed by atoms with Crippen molar-refractivity contribution in [2.24, 2.45) is 0 Å². The maximum Gasteiger partial charge on any atom is 0.490 e. The van der Waals surface area contributed by atoms with Crippen LogP contribution in [0.3, 0.4) is 0 Å². The third-order valence-corrected chi connectivity index (χ3v) is 18.2. The van der Waals surface area contributed by atoms with Gasteiger partial charge in [-0.15, -0.1) is 27.0 Å². The molecule has 4 heterocycles. The number of aryl methyl sites for hydroxylation is 4. The number of carbonyl (C=O) groups is 3. The topological polar surface area (TPSA) is 240 Å². The number of carboxylic acids is 1. The van der Waals surface area contributed by atoms with Gasteiger partial charge in [-0.3, -0.25) is 9.59 Å². The van der Waals surface area contributed by atoms with Crippen LogP contribution >= 0.6 is 39.7 Å². The van der Waals surface area contributed by atoms with E-state index in [0.717, 1.165) is 56.6 Å². The number of nitrogens with one attached hydrogen (secondary N) is 2. The van der Waals surface area contributed by atoms with Gasteiger partial charge in [0.15, 0.2) is 24.7 Å². The lowest BCUT2D eigenvalue weighted by molar-refractivity contribution is -0.531. The molecule has 2 aliphatic heterocycles. The standard InChI is InChI=1S/2C36H40F2N6O3S.C2HF3O2.BrH/c2*1-24(2)40-19-34(46)47-35-25(3)15-28(16-26(35)4)20-42-22-43(36-41-32(21-48-36)29-9-7-27(18-39)8-10-29)44(23-42,13-5-6-14-45)33-12-11-30(37)17-31(33)38;3-2(4,5)1(6)7;/h2*7-12,15-17,21,23-24,40,45H,5-6,13-14,19-20,22H2,1-4H3;(H,6,7);1H/q2*+2;;. The summed E-state index contributed by atoms with van der Waals surface area (Å²) in [4.78, 5) is 43.7. The number of hydrogen-bond acceptors (Lipinski definition) is 17. The molecule has 8 aromatic rings. The van der Waals surface area contributed by atoms with E-state index in [4.69, 9.17) is 29.3 Å². The highest BCUT2D eigenvalue weighted by molar-refractivity contribution is 8.93. The van der Waals surface area contributed by atoms with Crippen LogP contribution in [-0.4, -0.2) is 136 Å². The van der Waals surface area contributed by atoms with E-state index in [1.807, 2.05) is 137 Å². The molecule has 0 fully saturated rings. The van der Waals surface area contributed by atoms with Crippen LogP contribution in [0.4, 0.5) is 52.4 Å². The summed E-state index contributed by atoms with van der Waals surface area (Å²) >= 11 is 2.82. The fourth-order valence-corrected chi connectivity index (χ4v) is 13.6. The van der Waals surface area contributed by atoms with E-state index in [9.17, 15) is 52.3 Å². The number of benzene rings is 6. The van der Waals surface area contributed by atoms with E-state index < -0.39 is 35.4 Å². The zero-order valence-electron chi connectivity index (χ0n) is 58.5. The van der Waals surface area contributed by atoms with Crippen molar-refractivity contribution in [1.29, 1.82) is 10.5 Å². The Kier molecular flexibility index (Phi) is 29.1. The lowest BCUT2D eigenvalue weighted by Crippen LogP contribution is -2.59. The number of quaternary nitrogens is 2. The molecule has 5 N–H and O–H groups in total. The number of halogens is 8. The van der Waals surface area contributed by atoms with Gasteiger partial charge in [0.1, 0.15) is 36.2 Å². The summed E-state index contributed by atoms with van der Waals surface area (Å²) in [6.45, 7) is 18.0. The van der Waals surface area contributed by atoms with E-state index in [1.54, 1.807) is 24.3 Å². The molecule has 0 saturated heterocycles. The number of unbranched alkanes of at least 4 members (excludes halogenated alkanes) is 2. The monoisotopic (exact) mass is 1540 g/mol. The van der Waals surface area contributed by atoms with Crippen molar-refractivity contribution in [3.8, 4) is 46.2 Å². The Balaban J connectivity index is 0.000000264. The number of nitriles is 2. The highest BCUT2D eigenvalue weighted by atomic mass is 79.9. The number of carboxylic acid groups (broad SMARTS) is 1. The molecule has 0 spiro atoms. The number of carbonyl (C=O) groups excluding carboxylic acids is 2. The molecular weight excluding hydrogens is 1460 g/mol. The van der Waals surface area contributed by atoms with Gasteiger partial charge in [0.05, 0.1) is 47.7 Å². The average molecular weight is 1540 g/mol. The zero-order chi connectivity index (χ0) is 74.9. The van der Waals surface area contributed by atoms with Gasteiger partial charge < -0.3 is 35.4 Å². The highest BCUT2D eigenvalue weighted by Gasteiger charge is 2.53. The predicted octanol–water partition coefficient (Wildman–Crippen LogP) is 13.6. The fraction of sp³-hybridized carbons (Fsp3) is 0.338. The molecule has 2 unspecified atom stereocenters. The molecule has 104 heavy (non-hydrogen) atoms. The first-order valence-corrected chi connectivity index (χ1v) is 34.7. The number of aromatic nitrogens is 2. The summed E-state index contributed by atoms with van der Waals surface area (Å²) in [6.07, 6.45) is 0.922. The van der Waals surface area contributed by atoms with Crippen LogP contribution < -0.4 is 39.3 Å². The van der Waals surface area contributed by atoms with Crippen LogP contribution in [0.1, 0.15) is 97.9 Å². The van der Waals surface area contributed by atoms with Crippen LogP contribution in [0.15, 0.2) is 120 Å². The van der Waals surface area contributed by atoms with Gasteiger partial charge >= 0.3 is 36.8 Å². The number of aliphatic hydroxyl groups excluding tert-OH is 2. The van der Waals surface area contributed by atoms with Gasteiger partial charge in [-0.1, -0.05) is 83.8 Å². The molecule has 2 aromatic heterocycles. The number of hydrogen-bond donors (Lipinski definition) is 5. The van der Waals surface area contributed by atoms with Crippen LogP contribution in [0, 0.1) is 73.6 Å². The van der Waals surface area contributed by atoms with Gasteiger partial charge in [0.25, 0.3) is 13.3 Å². The normalized spacial score (nSPS) is 15.4. The molecule has 2 aliphatic rings. The first kappa shape index (κ1) is 82.0. The quantitative estimate of drug-likeness (QED) is 0.00846. The smallest absolute Gasteiger partial charge is 0.475 e. The minimum Gasteiger partial charge on any atom is -0.475 e. The highest BCUT2D eigenvalue weighted by Crippen LogP contribution is 2.41. The van der Waals surface area contributed by atoms with E-state index in [0.29, 0.717) is 109 Å². The van der Waals surface area contributed by atoms with Crippen LogP contribution in [0.2, 0.25) is 0 Å². The zero-order valence-corrected chi connectivity index (χ0v) is 61.8. The Morgan fingerprint density at radius 2 is 0.933 bits per heavy atom. The summed E-state index contributed by atoms with van der Waals surface area (Å²) in [5, 5.41) is 60.1. The molecule has 0 bridgehead atoms. The number of aliphatic carboxylic acids is 1.